The first-order chi connectivity index (χ1) is 21.9. The van der Waals surface area contributed by atoms with Gasteiger partial charge >= 0.3 is 5.97 Å². The van der Waals surface area contributed by atoms with Crippen LogP contribution in [0.2, 0.25) is 0 Å². The van der Waals surface area contributed by atoms with Crippen LogP contribution in [0.1, 0.15) is 71.0 Å². The molecule has 7 atom stereocenters. The summed E-state index contributed by atoms with van der Waals surface area (Å²) in [5.41, 5.74) is -1.08. The van der Waals surface area contributed by atoms with Gasteiger partial charge in [-0.2, -0.15) is 0 Å². The van der Waals surface area contributed by atoms with Crippen molar-refractivity contribution in [1.82, 2.24) is 15.1 Å². The standard InChI is InChI=1S/C35H48BrN3O7/c1-6-8-17-26(41)37-22-25(23-15-11-9-12-16-23)45-33(44)27-28-31(42)38(19-13-10-14-20-40)30(35(28)21-24(36)29(27)46-35)32(43)39(18-7-2)34(3,4)5/h6-7,9,11-12,15-16,24-25,27-30,40H,1-2,8,10,13-14,17-22H2,3-5H3,(H,37,41)/t24?,25-,27-,28+,29-,30-,35+/m0/s1. The second-order valence-corrected chi connectivity index (χ2v) is 14.5. The minimum absolute atomic E-state index is 0.0429. The Morgan fingerprint density at radius 2 is 1.91 bits per heavy atom. The largest absolute Gasteiger partial charge is 0.455 e. The molecule has 1 unspecified atom stereocenters. The fourth-order valence-electron chi connectivity index (χ4n) is 7.10. The number of nitrogens with one attached hydrogen (secondary N) is 1. The number of aliphatic hydroxyl groups is 1. The average molecular weight is 703 g/mol. The van der Waals surface area contributed by atoms with Gasteiger partial charge in [0.15, 0.2) is 0 Å². The van der Waals surface area contributed by atoms with Gasteiger partial charge in [0, 0.05) is 36.5 Å². The van der Waals surface area contributed by atoms with E-state index in [0.29, 0.717) is 44.2 Å². The molecule has 0 aromatic heterocycles. The van der Waals surface area contributed by atoms with Crippen LogP contribution in [0.5, 0.6) is 0 Å². The zero-order valence-corrected chi connectivity index (χ0v) is 28.7. The molecular formula is C35H48BrN3O7. The first kappa shape index (κ1) is 35.8. The number of esters is 1. The quantitative estimate of drug-likeness (QED) is 0.115. The van der Waals surface area contributed by atoms with E-state index in [2.05, 4.69) is 34.4 Å². The molecule has 1 spiro atoms. The van der Waals surface area contributed by atoms with Gasteiger partial charge in [-0.15, -0.1) is 13.2 Å². The zero-order chi connectivity index (χ0) is 33.6. The van der Waals surface area contributed by atoms with E-state index in [-0.39, 0.29) is 48.7 Å². The summed E-state index contributed by atoms with van der Waals surface area (Å²) in [6.07, 6.45) is 4.90. The van der Waals surface area contributed by atoms with E-state index >= 15 is 0 Å². The highest BCUT2D eigenvalue weighted by atomic mass is 79.9. The van der Waals surface area contributed by atoms with Crippen molar-refractivity contribution in [3.63, 3.8) is 0 Å². The number of alkyl halides is 1. The van der Waals surface area contributed by atoms with Crippen molar-refractivity contribution in [3.8, 4) is 0 Å². The van der Waals surface area contributed by atoms with E-state index in [1.165, 1.54) is 0 Å². The van der Waals surface area contributed by atoms with Crippen LogP contribution in [0, 0.1) is 11.8 Å². The molecule has 1 aromatic rings. The zero-order valence-electron chi connectivity index (χ0n) is 27.2. The van der Waals surface area contributed by atoms with Gasteiger partial charge in [-0.3, -0.25) is 19.2 Å². The molecule has 3 aliphatic rings. The van der Waals surface area contributed by atoms with E-state index < -0.39 is 47.2 Å². The van der Waals surface area contributed by atoms with E-state index in [9.17, 15) is 24.3 Å². The third kappa shape index (κ3) is 7.26. The molecule has 11 heteroatoms. The number of aliphatic hydroxyl groups excluding tert-OH is 1. The molecule has 4 rings (SSSR count). The lowest BCUT2D eigenvalue weighted by molar-refractivity contribution is -0.160. The number of unbranched alkanes of at least 4 members (excludes halogenated alkanes) is 2. The monoisotopic (exact) mass is 701 g/mol. The third-order valence-corrected chi connectivity index (χ3v) is 10.1. The van der Waals surface area contributed by atoms with Crippen molar-refractivity contribution in [3.05, 3.63) is 61.2 Å². The van der Waals surface area contributed by atoms with Crippen LogP contribution in [-0.2, 0) is 28.7 Å². The summed E-state index contributed by atoms with van der Waals surface area (Å²) in [6.45, 7) is 14.0. The lowest BCUT2D eigenvalue weighted by atomic mass is 9.70. The molecule has 3 heterocycles. The number of halogens is 1. The Kier molecular flexibility index (Phi) is 11.9. The van der Waals surface area contributed by atoms with Crippen LogP contribution in [-0.4, -0.2) is 93.0 Å². The predicted octanol–water partition coefficient (Wildman–Crippen LogP) is 4.08. The first-order valence-corrected chi connectivity index (χ1v) is 17.1. The molecule has 46 heavy (non-hydrogen) atoms. The Balaban J connectivity index is 1.67. The molecular weight excluding hydrogens is 654 g/mol. The van der Waals surface area contributed by atoms with Gasteiger partial charge in [0.05, 0.1) is 24.5 Å². The number of carbonyl (C=O) groups excluding carboxylic acids is 4. The number of allylic oxidation sites excluding steroid dienone is 1. The summed E-state index contributed by atoms with van der Waals surface area (Å²) >= 11 is 3.72. The number of carbonyl (C=O) groups is 4. The van der Waals surface area contributed by atoms with Crippen LogP contribution in [0.4, 0.5) is 0 Å². The molecule has 2 bridgehead atoms. The molecule has 3 aliphatic heterocycles. The number of hydrogen-bond donors (Lipinski definition) is 2. The number of benzene rings is 1. The molecule has 0 aliphatic carbocycles. The van der Waals surface area contributed by atoms with Crippen LogP contribution >= 0.6 is 15.9 Å². The lowest BCUT2D eigenvalue weighted by Crippen LogP contribution is -2.60. The molecule has 3 amide bonds. The highest BCUT2D eigenvalue weighted by molar-refractivity contribution is 9.09. The van der Waals surface area contributed by atoms with Crippen molar-refractivity contribution in [2.24, 2.45) is 11.8 Å². The molecule has 3 fully saturated rings. The predicted molar refractivity (Wildman–Crippen MR) is 178 cm³/mol. The Morgan fingerprint density at radius 1 is 1.20 bits per heavy atom. The minimum atomic E-state index is -1.22. The summed E-state index contributed by atoms with van der Waals surface area (Å²) in [6, 6.07) is 8.22. The Bertz CT molecular complexity index is 1280. The van der Waals surface area contributed by atoms with E-state index in [1.807, 2.05) is 51.1 Å². The second kappa shape index (κ2) is 15.3. The molecule has 2 N–H and O–H groups in total. The Morgan fingerprint density at radius 3 is 2.54 bits per heavy atom. The highest BCUT2D eigenvalue weighted by Gasteiger charge is 2.77. The molecule has 1 aromatic carbocycles. The summed E-state index contributed by atoms with van der Waals surface area (Å²) in [5.74, 6) is -3.19. The topological polar surface area (TPSA) is 125 Å². The molecule has 0 radical (unpaired) electrons. The highest BCUT2D eigenvalue weighted by Crippen LogP contribution is 2.60. The molecule has 3 saturated heterocycles. The Labute approximate surface area is 280 Å². The van der Waals surface area contributed by atoms with Gasteiger partial charge in [-0.1, -0.05) is 58.4 Å². The first-order valence-electron chi connectivity index (χ1n) is 16.2. The third-order valence-electron chi connectivity index (χ3n) is 9.23. The number of likely N-dealkylation sites (tertiary alicyclic amines) is 1. The van der Waals surface area contributed by atoms with Crippen LogP contribution < -0.4 is 5.32 Å². The minimum Gasteiger partial charge on any atom is -0.455 e. The van der Waals surface area contributed by atoms with Crippen LogP contribution in [0.15, 0.2) is 55.6 Å². The maximum Gasteiger partial charge on any atom is 0.313 e. The maximum absolute atomic E-state index is 14.5. The Hall–Kier alpha value is -3.02. The number of fused-ring (bicyclic) bond motifs is 1. The number of amides is 3. The lowest BCUT2D eigenvalue weighted by Gasteiger charge is -2.42. The summed E-state index contributed by atoms with van der Waals surface area (Å²) in [5, 5.41) is 12.2. The van der Waals surface area contributed by atoms with Crippen molar-refractivity contribution in [1.29, 1.82) is 0 Å². The molecule has 10 nitrogen and oxygen atoms in total. The van der Waals surface area contributed by atoms with Crippen LogP contribution in [0.3, 0.4) is 0 Å². The average Bonchev–Trinajstić information content (AvgIpc) is 3.61. The normalized spacial score (nSPS) is 27.2. The van der Waals surface area contributed by atoms with Crippen molar-refractivity contribution < 1.29 is 33.8 Å². The maximum atomic E-state index is 14.5. The second-order valence-electron chi connectivity index (χ2n) is 13.4. The smallest absolute Gasteiger partial charge is 0.313 e. The van der Waals surface area contributed by atoms with Crippen molar-refractivity contribution in [2.75, 3.05) is 26.2 Å². The van der Waals surface area contributed by atoms with Crippen molar-refractivity contribution in [2.45, 2.75) is 93.5 Å². The van der Waals surface area contributed by atoms with Crippen molar-refractivity contribution >= 4 is 39.6 Å². The van der Waals surface area contributed by atoms with Gasteiger partial charge in [0.2, 0.25) is 17.7 Å². The summed E-state index contributed by atoms with van der Waals surface area (Å²) < 4.78 is 12.8. The molecule has 252 valence electrons. The fourth-order valence-corrected chi connectivity index (χ4v) is 8.05. The fraction of sp³-hybridized carbons (Fsp3) is 0.600. The summed E-state index contributed by atoms with van der Waals surface area (Å²) in [4.78, 5) is 58.5. The summed E-state index contributed by atoms with van der Waals surface area (Å²) in [7, 11) is 0. The van der Waals surface area contributed by atoms with Gasteiger partial charge in [-0.05, 0) is 58.4 Å². The van der Waals surface area contributed by atoms with Gasteiger partial charge in [-0.25, -0.2) is 0 Å². The van der Waals surface area contributed by atoms with Gasteiger partial charge < -0.3 is 29.7 Å². The van der Waals surface area contributed by atoms with Gasteiger partial charge in [0.1, 0.15) is 17.7 Å². The van der Waals surface area contributed by atoms with E-state index in [1.54, 1.807) is 22.0 Å². The van der Waals surface area contributed by atoms with E-state index in [0.717, 1.165) is 0 Å². The SMILES string of the molecule is C=CCCC(=O)NC[C@H](OC(=O)[C@@H]1[C@H]2O[C@@]3(CC2Br)[C@H](C(=O)N(CC=C)C(C)(C)C)N(CCCCCO)C(=O)[C@@H]13)c1ccccc1. The van der Waals surface area contributed by atoms with E-state index in [4.69, 9.17) is 9.47 Å². The number of rotatable bonds is 16. The number of ether oxygens (including phenoxy) is 2. The van der Waals surface area contributed by atoms with Gasteiger partial charge in [0.25, 0.3) is 0 Å². The number of hydrogen-bond acceptors (Lipinski definition) is 7. The van der Waals surface area contributed by atoms with Crippen LogP contribution in [0.25, 0.3) is 0 Å². The number of nitrogens with zero attached hydrogens (tertiary/aromatic N) is 2. The molecule has 0 saturated carbocycles.